The molecule has 1 atom stereocenters. The van der Waals surface area contributed by atoms with Gasteiger partial charge >= 0.3 is 0 Å². The lowest BCUT2D eigenvalue weighted by Gasteiger charge is -2.27. The second-order valence-corrected chi connectivity index (χ2v) is 6.38. The van der Waals surface area contributed by atoms with Gasteiger partial charge in [0.1, 0.15) is 0 Å². The first-order valence-corrected chi connectivity index (χ1v) is 7.39. The molecule has 0 amide bonds. The van der Waals surface area contributed by atoms with Crippen molar-refractivity contribution in [3.05, 3.63) is 0 Å². The van der Waals surface area contributed by atoms with Crippen molar-refractivity contribution in [2.45, 2.75) is 32.1 Å². The molecule has 1 unspecified atom stereocenters. The molecule has 15 heavy (non-hydrogen) atoms. The molecule has 88 valence electrons. The van der Waals surface area contributed by atoms with Crippen molar-refractivity contribution in [2.75, 3.05) is 31.2 Å². The van der Waals surface area contributed by atoms with Gasteiger partial charge in [0, 0.05) is 18.6 Å². The van der Waals surface area contributed by atoms with E-state index in [1.54, 1.807) is 0 Å². The smallest absolute Gasteiger partial charge is 0.0499 e. The Morgan fingerprint density at radius 3 is 2.73 bits per heavy atom. The highest BCUT2D eigenvalue weighted by Gasteiger charge is 2.32. The number of aliphatic hydroxyl groups is 1. The molecule has 0 aromatic carbocycles. The SMILES string of the molecule is OCC1(CNCC2CCSC2)CCCC1. The van der Waals surface area contributed by atoms with Gasteiger partial charge in [-0.3, -0.25) is 0 Å². The molecule has 2 aliphatic rings. The molecule has 2 fully saturated rings. The van der Waals surface area contributed by atoms with Crippen LogP contribution < -0.4 is 5.32 Å². The van der Waals surface area contributed by atoms with Gasteiger partial charge in [-0.1, -0.05) is 12.8 Å². The highest BCUT2D eigenvalue weighted by molar-refractivity contribution is 7.99. The van der Waals surface area contributed by atoms with Crippen LogP contribution in [-0.2, 0) is 0 Å². The third kappa shape index (κ3) is 3.11. The summed E-state index contributed by atoms with van der Waals surface area (Å²) in [5, 5.41) is 13.1. The Morgan fingerprint density at radius 1 is 1.33 bits per heavy atom. The van der Waals surface area contributed by atoms with E-state index in [1.807, 2.05) is 0 Å². The molecular formula is C12H23NOS. The molecule has 0 bridgehead atoms. The van der Waals surface area contributed by atoms with Gasteiger partial charge in [0.15, 0.2) is 0 Å². The molecular weight excluding hydrogens is 206 g/mol. The predicted octanol–water partition coefficient (Wildman–Crippen LogP) is 1.88. The fourth-order valence-electron chi connectivity index (χ4n) is 2.80. The summed E-state index contributed by atoms with van der Waals surface area (Å²) in [6.07, 6.45) is 6.43. The summed E-state index contributed by atoms with van der Waals surface area (Å²) in [6, 6.07) is 0. The molecule has 0 aromatic heterocycles. The molecule has 2 N–H and O–H groups in total. The third-order valence-corrected chi connectivity index (χ3v) is 5.19. The quantitative estimate of drug-likeness (QED) is 0.755. The van der Waals surface area contributed by atoms with Crippen LogP contribution in [0.15, 0.2) is 0 Å². The lowest BCUT2D eigenvalue weighted by Crippen LogP contribution is -2.37. The van der Waals surface area contributed by atoms with E-state index in [0.717, 1.165) is 19.0 Å². The maximum atomic E-state index is 9.46. The van der Waals surface area contributed by atoms with Crippen LogP contribution >= 0.6 is 11.8 Å². The van der Waals surface area contributed by atoms with Crippen LogP contribution in [0.4, 0.5) is 0 Å². The Labute approximate surface area is 97.2 Å². The fraction of sp³-hybridized carbons (Fsp3) is 1.00. The Hall–Kier alpha value is 0.270. The molecule has 2 nitrogen and oxygen atoms in total. The average Bonchev–Trinajstić information content (AvgIpc) is 2.89. The number of hydrogen-bond donors (Lipinski definition) is 2. The van der Waals surface area contributed by atoms with Crippen LogP contribution in [0.3, 0.4) is 0 Å². The fourth-order valence-corrected chi connectivity index (χ4v) is 4.09. The second-order valence-electron chi connectivity index (χ2n) is 5.23. The topological polar surface area (TPSA) is 32.3 Å². The lowest BCUT2D eigenvalue weighted by molar-refractivity contribution is 0.127. The summed E-state index contributed by atoms with van der Waals surface area (Å²) in [7, 11) is 0. The summed E-state index contributed by atoms with van der Waals surface area (Å²) in [4.78, 5) is 0. The van der Waals surface area contributed by atoms with Gasteiger partial charge in [0.25, 0.3) is 0 Å². The van der Waals surface area contributed by atoms with Gasteiger partial charge in [-0.2, -0.15) is 11.8 Å². The van der Waals surface area contributed by atoms with Gasteiger partial charge in [-0.05, 0) is 43.2 Å². The molecule has 0 aromatic rings. The van der Waals surface area contributed by atoms with Crippen LogP contribution in [0.25, 0.3) is 0 Å². The highest BCUT2D eigenvalue weighted by Crippen LogP contribution is 2.37. The summed E-state index contributed by atoms with van der Waals surface area (Å²) in [5.41, 5.74) is 0.228. The minimum atomic E-state index is 0.228. The van der Waals surface area contributed by atoms with Crippen LogP contribution in [0.2, 0.25) is 0 Å². The Kier molecular flexibility index (Phi) is 4.35. The first kappa shape index (κ1) is 11.7. The number of thioether (sulfide) groups is 1. The van der Waals surface area contributed by atoms with Gasteiger partial charge in [-0.25, -0.2) is 0 Å². The van der Waals surface area contributed by atoms with Gasteiger partial charge in [0.05, 0.1) is 0 Å². The van der Waals surface area contributed by atoms with Crippen LogP contribution in [-0.4, -0.2) is 36.3 Å². The second kappa shape index (κ2) is 5.55. The summed E-state index contributed by atoms with van der Waals surface area (Å²) in [5.74, 6) is 3.56. The van der Waals surface area contributed by atoms with Crippen LogP contribution in [0, 0.1) is 11.3 Å². The Morgan fingerprint density at radius 2 is 2.13 bits per heavy atom. The third-order valence-electron chi connectivity index (χ3n) is 3.96. The number of aliphatic hydroxyl groups excluding tert-OH is 1. The predicted molar refractivity (Wildman–Crippen MR) is 66.3 cm³/mol. The molecule has 0 radical (unpaired) electrons. The first-order valence-electron chi connectivity index (χ1n) is 6.24. The zero-order chi connectivity index (χ0) is 10.6. The Balaban J connectivity index is 1.67. The molecule has 0 spiro atoms. The van der Waals surface area contributed by atoms with Crippen molar-refractivity contribution in [3.63, 3.8) is 0 Å². The van der Waals surface area contributed by atoms with Crippen molar-refractivity contribution >= 4 is 11.8 Å². The zero-order valence-electron chi connectivity index (χ0n) is 9.50. The normalized spacial score (nSPS) is 29.8. The van der Waals surface area contributed by atoms with Crippen molar-refractivity contribution < 1.29 is 5.11 Å². The molecule has 1 aliphatic carbocycles. The molecule has 1 heterocycles. The summed E-state index contributed by atoms with van der Waals surface area (Å²) >= 11 is 2.08. The van der Waals surface area contributed by atoms with E-state index < -0.39 is 0 Å². The lowest BCUT2D eigenvalue weighted by atomic mass is 9.87. The van der Waals surface area contributed by atoms with Crippen LogP contribution in [0.5, 0.6) is 0 Å². The Bertz CT molecular complexity index is 186. The molecule has 1 saturated heterocycles. The van der Waals surface area contributed by atoms with E-state index >= 15 is 0 Å². The van der Waals surface area contributed by atoms with Gasteiger partial charge in [-0.15, -0.1) is 0 Å². The van der Waals surface area contributed by atoms with E-state index in [4.69, 9.17) is 0 Å². The number of hydrogen-bond acceptors (Lipinski definition) is 3. The molecule has 1 saturated carbocycles. The van der Waals surface area contributed by atoms with Crippen molar-refractivity contribution in [1.29, 1.82) is 0 Å². The van der Waals surface area contributed by atoms with Crippen molar-refractivity contribution in [2.24, 2.45) is 11.3 Å². The molecule has 2 rings (SSSR count). The maximum absolute atomic E-state index is 9.46. The monoisotopic (exact) mass is 229 g/mol. The van der Waals surface area contributed by atoms with Gasteiger partial charge in [0.2, 0.25) is 0 Å². The first-order chi connectivity index (χ1) is 7.35. The highest BCUT2D eigenvalue weighted by atomic mass is 32.2. The van der Waals surface area contributed by atoms with Crippen LogP contribution in [0.1, 0.15) is 32.1 Å². The van der Waals surface area contributed by atoms with E-state index in [2.05, 4.69) is 17.1 Å². The zero-order valence-corrected chi connectivity index (χ0v) is 10.3. The van der Waals surface area contributed by atoms with Gasteiger partial charge < -0.3 is 10.4 Å². The summed E-state index contributed by atoms with van der Waals surface area (Å²) in [6.45, 7) is 2.57. The standard InChI is InChI=1S/C12H23NOS/c14-10-12(4-1-2-5-12)9-13-7-11-3-6-15-8-11/h11,13-14H,1-10H2. The van der Waals surface area contributed by atoms with E-state index in [0.29, 0.717) is 6.61 Å². The van der Waals surface area contributed by atoms with E-state index in [-0.39, 0.29) is 5.41 Å². The van der Waals surface area contributed by atoms with Crippen molar-refractivity contribution in [3.8, 4) is 0 Å². The largest absolute Gasteiger partial charge is 0.396 e. The van der Waals surface area contributed by atoms with E-state index in [1.165, 1.54) is 43.6 Å². The molecule has 3 heteroatoms. The maximum Gasteiger partial charge on any atom is 0.0499 e. The summed E-state index contributed by atoms with van der Waals surface area (Å²) < 4.78 is 0. The molecule has 1 aliphatic heterocycles. The van der Waals surface area contributed by atoms with Crippen molar-refractivity contribution in [1.82, 2.24) is 5.32 Å². The minimum absolute atomic E-state index is 0.228. The van der Waals surface area contributed by atoms with E-state index in [9.17, 15) is 5.11 Å². The number of nitrogens with one attached hydrogen (secondary N) is 1. The minimum Gasteiger partial charge on any atom is -0.396 e. The average molecular weight is 229 g/mol. The number of rotatable bonds is 5.